The maximum Gasteiger partial charge on any atom is 0.416 e. The Hall–Kier alpha value is -1.82. The molecule has 20 heavy (non-hydrogen) atoms. The van der Waals surface area contributed by atoms with E-state index < -0.39 is 11.7 Å². The molecule has 2 aromatic rings. The first-order valence-electron chi connectivity index (χ1n) is 6.33. The van der Waals surface area contributed by atoms with E-state index in [-0.39, 0.29) is 11.6 Å². The topological polar surface area (TPSA) is 29.9 Å². The van der Waals surface area contributed by atoms with Crippen LogP contribution >= 0.6 is 0 Å². The minimum Gasteiger partial charge on any atom is -0.336 e. The Morgan fingerprint density at radius 1 is 1.30 bits per heavy atom. The predicted molar refractivity (Wildman–Crippen MR) is 70.1 cm³/mol. The van der Waals surface area contributed by atoms with Crippen LogP contribution in [0.4, 0.5) is 13.2 Å². The molecule has 0 aliphatic carbocycles. The van der Waals surface area contributed by atoms with E-state index in [4.69, 9.17) is 0 Å². The lowest BCUT2D eigenvalue weighted by atomic mass is 10.0. The zero-order chi connectivity index (χ0) is 14.6. The van der Waals surface area contributed by atoms with Gasteiger partial charge in [0.15, 0.2) is 0 Å². The number of rotatable bonds is 5. The first kappa shape index (κ1) is 14.6. The first-order valence-corrected chi connectivity index (χ1v) is 6.33. The molecule has 0 fully saturated rings. The minimum absolute atomic E-state index is 0.269. The van der Waals surface area contributed by atoms with Gasteiger partial charge in [0, 0.05) is 31.5 Å². The van der Waals surface area contributed by atoms with Crippen molar-refractivity contribution in [2.24, 2.45) is 0 Å². The molecule has 0 saturated heterocycles. The molecule has 1 N–H and O–H groups in total. The van der Waals surface area contributed by atoms with Crippen LogP contribution in [0.3, 0.4) is 0 Å². The van der Waals surface area contributed by atoms with Crippen molar-refractivity contribution in [2.45, 2.75) is 25.7 Å². The van der Waals surface area contributed by atoms with Gasteiger partial charge in [0.25, 0.3) is 0 Å². The summed E-state index contributed by atoms with van der Waals surface area (Å²) in [6.45, 7) is 2.97. The van der Waals surface area contributed by atoms with E-state index in [0.29, 0.717) is 13.1 Å². The summed E-state index contributed by atoms with van der Waals surface area (Å²) in [6, 6.07) is 5.29. The van der Waals surface area contributed by atoms with Crippen LogP contribution in [-0.4, -0.2) is 16.1 Å². The molecule has 0 spiro atoms. The van der Waals surface area contributed by atoms with Gasteiger partial charge in [-0.1, -0.05) is 18.2 Å². The van der Waals surface area contributed by atoms with Crippen LogP contribution in [0.1, 0.15) is 24.1 Å². The van der Waals surface area contributed by atoms with E-state index in [2.05, 4.69) is 10.3 Å². The van der Waals surface area contributed by atoms with E-state index in [1.165, 1.54) is 12.1 Å². The molecular formula is C14H16F3N3. The van der Waals surface area contributed by atoms with Gasteiger partial charge in [0.2, 0.25) is 0 Å². The average molecular weight is 283 g/mol. The van der Waals surface area contributed by atoms with Gasteiger partial charge in [0.1, 0.15) is 0 Å². The summed E-state index contributed by atoms with van der Waals surface area (Å²) in [7, 11) is 0. The standard InChI is InChI=1S/C14H16F3N3/c1-11(19-7-9-20-8-6-18-10-20)12-4-2-3-5-13(12)14(15,16)17/h2-6,8,10-11,19H,7,9H2,1H3. The van der Waals surface area contributed by atoms with Gasteiger partial charge >= 0.3 is 6.18 Å². The van der Waals surface area contributed by atoms with Crippen molar-refractivity contribution in [2.75, 3.05) is 6.54 Å². The van der Waals surface area contributed by atoms with E-state index >= 15 is 0 Å². The van der Waals surface area contributed by atoms with Gasteiger partial charge in [-0.05, 0) is 18.6 Å². The quantitative estimate of drug-likeness (QED) is 0.913. The van der Waals surface area contributed by atoms with Crippen LogP contribution < -0.4 is 5.32 Å². The first-order chi connectivity index (χ1) is 9.48. The molecule has 1 atom stereocenters. The second-order valence-corrected chi connectivity index (χ2v) is 4.56. The smallest absolute Gasteiger partial charge is 0.336 e. The van der Waals surface area contributed by atoms with Crippen molar-refractivity contribution in [3.63, 3.8) is 0 Å². The van der Waals surface area contributed by atoms with Crippen LogP contribution in [0.2, 0.25) is 0 Å². The maximum atomic E-state index is 12.9. The molecular weight excluding hydrogens is 267 g/mol. The molecule has 1 heterocycles. The summed E-state index contributed by atoms with van der Waals surface area (Å²) in [5.41, 5.74) is -0.312. The zero-order valence-electron chi connectivity index (χ0n) is 11.1. The van der Waals surface area contributed by atoms with Crippen molar-refractivity contribution in [3.05, 3.63) is 54.1 Å². The van der Waals surface area contributed by atoms with E-state index in [1.54, 1.807) is 25.5 Å². The van der Waals surface area contributed by atoms with Crippen molar-refractivity contribution >= 4 is 0 Å². The molecule has 1 aromatic carbocycles. The largest absolute Gasteiger partial charge is 0.416 e. The molecule has 0 aliphatic rings. The number of hydrogen-bond donors (Lipinski definition) is 1. The van der Waals surface area contributed by atoms with Crippen LogP contribution in [0.5, 0.6) is 0 Å². The second kappa shape index (κ2) is 6.09. The Morgan fingerprint density at radius 2 is 2.05 bits per heavy atom. The van der Waals surface area contributed by atoms with Gasteiger partial charge in [-0.2, -0.15) is 13.2 Å². The Kier molecular flexibility index (Phi) is 4.44. The number of halogens is 3. The van der Waals surface area contributed by atoms with E-state index in [0.717, 1.165) is 6.07 Å². The third-order valence-electron chi connectivity index (χ3n) is 3.11. The third-order valence-corrected chi connectivity index (χ3v) is 3.11. The zero-order valence-corrected chi connectivity index (χ0v) is 11.1. The highest BCUT2D eigenvalue weighted by atomic mass is 19.4. The molecule has 0 amide bonds. The fourth-order valence-electron chi connectivity index (χ4n) is 2.07. The normalized spacial score (nSPS) is 13.4. The van der Waals surface area contributed by atoms with Crippen molar-refractivity contribution in [3.8, 4) is 0 Å². The molecule has 1 aromatic heterocycles. The van der Waals surface area contributed by atoms with Gasteiger partial charge in [0.05, 0.1) is 11.9 Å². The number of nitrogens with one attached hydrogen (secondary N) is 1. The van der Waals surface area contributed by atoms with Crippen LogP contribution in [0, 0.1) is 0 Å². The molecule has 6 heteroatoms. The Morgan fingerprint density at radius 3 is 2.70 bits per heavy atom. The Labute approximate surface area is 115 Å². The summed E-state index contributed by atoms with van der Waals surface area (Å²) >= 11 is 0. The highest BCUT2D eigenvalue weighted by Gasteiger charge is 2.33. The summed E-state index contributed by atoms with van der Waals surface area (Å²) in [4.78, 5) is 3.91. The summed E-state index contributed by atoms with van der Waals surface area (Å²) in [5, 5.41) is 3.10. The number of nitrogens with zero attached hydrogens (tertiary/aromatic N) is 2. The molecule has 0 aliphatic heterocycles. The van der Waals surface area contributed by atoms with Crippen LogP contribution in [0.25, 0.3) is 0 Å². The van der Waals surface area contributed by atoms with E-state index in [1.807, 2.05) is 10.8 Å². The lowest BCUT2D eigenvalue weighted by Gasteiger charge is -2.19. The van der Waals surface area contributed by atoms with E-state index in [9.17, 15) is 13.2 Å². The fourth-order valence-corrected chi connectivity index (χ4v) is 2.07. The molecule has 1 unspecified atom stereocenters. The summed E-state index contributed by atoms with van der Waals surface area (Å²) in [5.74, 6) is 0. The molecule has 108 valence electrons. The van der Waals surface area contributed by atoms with Crippen molar-refractivity contribution in [1.29, 1.82) is 0 Å². The van der Waals surface area contributed by atoms with Gasteiger partial charge in [-0.25, -0.2) is 4.98 Å². The SMILES string of the molecule is CC(NCCn1ccnc1)c1ccccc1C(F)(F)F. The molecule has 0 radical (unpaired) electrons. The predicted octanol–water partition coefficient (Wildman–Crippen LogP) is 3.25. The molecule has 0 bridgehead atoms. The Bertz CT molecular complexity index is 535. The summed E-state index contributed by atoms with van der Waals surface area (Å²) in [6.07, 6.45) is 0.839. The Balaban J connectivity index is 2.00. The van der Waals surface area contributed by atoms with Gasteiger partial charge in [-0.15, -0.1) is 0 Å². The van der Waals surface area contributed by atoms with Crippen molar-refractivity contribution in [1.82, 2.24) is 14.9 Å². The third kappa shape index (κ3) is 3.60. The second-order valence-electron chi connectivity index (χ2n) is 4.56. The summed E-state index contributed by atoms with van der Waals surface area (Å²) < 4.78 is 40.6. The van der Waals surface area contributed by atoms with Gasteiger partial charge < -0.3 is 9.88 Å². The maximum absolute atomic E-state index is 12.9. The lowest BCUT2D eigenvalue weighted by molar-refractivity contribution is -0.138. The lowest BCUT2D eigenvalue weighted by Crippen LogP contribution is -2.25. The number of imidazole rings is 1. The number of aromatic nitrogens is 2. The van der Waals surface area contributed by atoms with Gasteiger partial charge in [-0.3, -0.25) is 0 Å². The highest BCUT2D eigenvalue weighted by molar-refractivity contribution is 5.31. The molecule has 0 saturated carbocycles. The minimum atomic E-state index is -4.32. The average Bonchev–Trinajstić information content (AvgIpc) is 2.91. The number of alkyl halides is 3. The number of benzene rings is 1. The molecule has 2 rings (SSSR count). The van der Waals surface area contributed by atoms with Crippen molar-refractivity contribution < 1.29 is 13.2 Å². The van der Waals surface area contributed by atoms with Crippen LogP contribution in [-0.2, 0) is 12.7 Å². The number of hydrogen-bond acceptors (Lipinski definition) is 2. The van der Waals surface area contributed by atoms with Crippen LogP contribution in [0.15, 0.2) is 43.0 Å². The monoisotopic (exact) mass is 283 g/mol. The molecule has 3 nitrogen and oxygen atoms in total. The highest BCUT2D eigenvalue weighted by Crippen LogP contribution is 2.34. The fraction of sp³-hybridized carbons (Fsp3) is 0.357.